The molecule has 0 heterocycles. The van der Waals surface area contributed by atoms with E-state index in [0.717, 1.165) is 6.07 Å². The summed E-state index contributed by atoms with van der Waals surface area (Å²) in [5.41, 5.74) is 0. The first-order chi connectivity index (χ1) is 12.3. The smallest absolute Gasteiger partial charge is 0.422 e. The zero-order chi connectivity index (χ0) is 22.2. The summed E-state index contributed by atoms with van der Waals surface area (Å²) in [4.78, 5) is 0. The fourth-order valence-corrected chi connectivity index (χ4v) is 7.31. The number of hydrogen-bond donors (Lipinski definition) is 0. The van der Waals surface area contributed by atoms with Crippen LogP contribution in [-0.4, -0.2) is 35.9 Å². The average Bonchev–Trinajstić information content (AvgIpc) is 2.46. The van der Waals surface area contributed by atoms with Gasteiger partial charge in [0.2, 0.25) is 0 Å². The van der Waals surface area contributed by atoms with E-state index in [1.165, 1.54) is 12.1 Å². The topological polar surface area (TPSA) is 18.5 Å². The molecule has 0 radical (unpaired) electrons. The van der Waals surface area contributed by atoms with Crippen LogP contribution in [0, 0.1) is 6.66 Å². The summed E-state index contributed by atoms with van der Waals surface area (Å²) in [6.07, 6.45) is -9.15. The van der Waals surface area contributed by atoms with Crippen LogP contribution in [0.2, 0.25) is 0 Å². The molecule has 0 N–H and O–H groups in total. The zero-order valence-electron chi connectivity index (χ0n) is 16.9. The van der Waals surface area contributed by atoms with Crippen molar-refractivity contribution in [3.63, 3.8) is 0 Å². The number of rotatable bonds is 5. The van der Waals surface area contributed by atoms with Gasteiger partial charge in [-0.3, -0.25) is 0 Å². The maximum atomic E-state index is 12.5. The molecule has 162 valence electrons. The summed E-state index contributed by atoms with van der Waals surface area (Å²) < 4.78 is 84.9. The van der Waals surface area contributed by atoms with Crippen LogP contribution in [0.1, 0.15) is 41.5 Å². The number of alkyl halides is 6. The van der Waals surface area contributed by atoms with Crippen LogP contribution in [0.15, 0.2) is 18.2 Å². The molecule has 1 aromatic rings. The highest BCUT2D eigenvalue weighted by Gasteiger charge is 2.50. The Balaban J connectivity index is 3.50. The summed E-state index contributed by atoms with van der Waals surface area (Å²) in [5.74, 6) is -0.401. The minimum absolute atomic E-state index is 0.200. The summed E-state index contributed by atoms with van der Waals surface area (Å²) in [6.45, 7) is 13.1. The van der Waals surface area contributed by atoms with Gasteiger partial charge in [0.15, 0.2) is 13.2 Å². The van der Waals surface area contributed by atoms with Gasteiger partial charge in [-0.25, -0.2) is 0 Å². The summed E-state index contributed by atoms with van der Waals surface area (Å²) >= 11 is 0. The van der Waals surface area contributed by atoms with Crippen molar-refractivity contribution < 1.29 is 35.8 Å². The van der Waals surface area contributed by atoms with Crippen LogP contribution < -0.4 is 14.8 Å². The Kier molecular flexibility index (Phi) is 7.04. The molecular weight excluding hydrogens is 405 g/mol. The van der Waals surface area contributed by atoms with Crippen molar-refractivity contribution in [2.45, 2.75) is 64.2 Å². The summed E-state index contributed by atoms with van der Waals surface area (Å²) in [5, 5.41) is -0.186. The van der Waals surface area contributed by atoms with E-state index in [1.54, 1.807) is 0 Å². The Morgan fingerprint density at radius 3 is 1.29 bits per heavy atom. The van der Waals surface area contributed by atoms with Gasteiger partial charge in [-0.1, -0.05) is 7.26 Å². The number of benzene rings is 1. The molecule has 0 aliphatic rings. The first kappa shape index (κ1) is 24.9. The molecule has 2 nitrogen and oxygen atoms in total. The van der Waals surface area contributed by atoms with Crippen molar-refractivity contribution in [3.05, 3.63) is 24.9 Å². The van der Waals surface area contributed by atoms with Gasteiger partial charge >= 0.3 is 12.4 Å². The molecule has 0 amide bonds. The molecule has 0 bridgehead atoms. The predicted octanol–water partition coefficient (Wildman–Crippen LogP) is 6.60. The minimum atomic E-state index is -4.58. The van der Waals surface area contributed by atoms with E-state index in [1.807, 2.05) is 41.5 Å². The molecule has 0 saturated carbocycles. The Morgan fingerprint density at radius 1 is 0.714 bits per heavy atom. The summed E-state index contributed by atoms with van der Waals surface area (Å²) in [6, 6.07) is 3.91. The van der Waals surface area contributed by atoms with Gasteiger partial charge in [-0.05, 0) is 41.5 Å². The molecule has 0 fully saturated rings. The van der Waals surface area contributed by atoms with Crippen molar-refractivity contribution in [3.8, 4) is 11.5 Å². The van der Waals surface area contributed by atoms with E-state index in [4.69, 9.17) is 9.47 Å². The normalized spacial score (nSPS) is 14.2. The van der Waals surface area contributed by atoms with Crippen LogP contribution in [0.25, 0.3) is 0 Å². The van der Waals surface area contributed by atoms with E-state index in [9.17, 15) is 26.3 Å². The Morgan fingerprint density at radius 2 is 1.04 bits per heavy atom. The monoisotopic (exact) mass is 432 g/mol. The predicted molar refractivity (Wildman–Crippen MR) is 101 cm³/mol. The van der Waals surface area contributed by atoms with Crippen molar-refractivity contribution in [2.24, 2.45) is 0 Å². The van der Waals surface area contributed by atoms with Gasteiger partial charge in [0.25, 0.3) is 0 Å². The second-order valence-electron chi connectivity index (χ2n) is 8.62. The highest BCUT2D eigenvalue weighted by molar-refractivity contribution is 7.86. The van der Waals surface area contributed by atoms with Crippen molar-refractivity contribution >= 4 is 12.6 Å². The molecular formula is C19H27F6O2P. The molecule has 1 rings (SSSR count). The van der Waals surface area contributed by atoms with Crippen LogP contribution in [0.4, 0.5) is 26.3 Å². The van der Waals surface area contributed by atoms with E-state index < -0.39 is 32.8 Å². The minimum Gasteiger partial charge on any atom is -0.484 e. The number of hydrogen-bond acceptors (Lipinski definition) is 2. The van der Waals surface area contributed by atoms with Gasteiger partial charge in [-0.15, -0.1) is 0 Å². The lowest BCUT2D eigenvalue weighted by Crippen LogP contribution is -2.38. The molecule has 0 aliphatic heterocycles. The van der Waals surface area contributed by atoms with E-state index in [0.29, 0.717) is 5.30 Å². The van der Waals surface area contributed by atoms with E-state index in [2.05, 4.69) is 6.66 Å². The van der Waals surface area contributed by atoms with Crippen LogP contribution >= 0.6 is 7.26 Å². The van der Waals surface area contributed by atoms with Crippen molar-refractivity contribution in [1.29, 1.82) is 0 Å². The Labute approximate surface area is 162 Å². The first-order valence-corrected chi connectivity index (χ1v) is 10.5. The third-order valence-corrected chi connectivity index (χ3v) is 10.1. The fraction of sp³-hybridized carbons (Fsp3) is 0.632. The highest BCUT2D eigenvalue weighted by Crippen LogP contribution is 2.74. The number of halogens is 6. The largest absolute Gasteiger partial charge is 0.484 e. The Bertz CT molecular complexity index is 619. The second kappa shape index (κ2) is 7.92. The van der Waals surface area contributed by atoms with Gasteiger partial charge < -0.3 is 9.47 Å². The lowest BCUT2D eigenvalue weighted by Gasteiger charge is -2.51. The van der Waals surface area contributed by atoms with E-state index >= 15 is 0 Å². The lowest BCUT2D eigenvalue weighted by molar-refractivity contribution is -0.153. The SMILES string of the molecule is [CH2-][P+](c1cc(OCC(F)(F)F)cc(OCC(F)(F)F)c1)(C(C)(C)C)C(C)(C)C. The maximum absolute atomic E-state index is 12.5. The molecule has 1 aromatic carbocycles. The molecule has 0 aromatic heterocycles. The van der Waals surface area contributed by atoms with Gasteiger partial charge in [0, 0.05) is 18.2 Å². The van der Waals surface area contributed by atoms with Gasteiger partial charge in [0.05, 0.1) is 15.6 Å². The standard InChI is InChI=1S/C19H27F6O2P/c1-16(2,3)28(7,17(4,5)6)15-9-13(26-11-18(20,21)22)8-14(10-15)27-12-19(23,24)25/h8-10H,7,11-12H2,1-6H3. The maximum Gasteiger partial charge on any atom is 0.422 e. The third kappa shape index (κ3) is 6.43. The van der Waals surface area contributed by atoms with Crippen LogP contribution in [0.5, 0.6) is 11.5 Å². The fourth-order valence-electron chi connectivity index (χ4n) is 3.05. The quantitative estimate of drug-likeness (QED) is 0.297. The number of ether oxygens (including phenoxy) is 2. The second-order valence-corrected chi connectivity index (χ2v) is 13.4. The van der Waals surface area contributed by atoms with Crippen molar-refractivity contribution in [1.82, 2.24) is 0 Å². The van der Waals surface area contributed by atoms with Crippen LogP contribution in [-0.2, 0) is 0 Å². The summed E-state index contributed by atoms with van der Waals surface area (Å²) in [7, 11) is -2.34. The third-order valence-electron chi connectivity index (χ3n) is 4.40. The lowest BCUT2D eigenvalue weighted by atomic mass is 10.2. The van der Waals surface area contributed by atoms with Crippen molar-refractivity contribution in [2.75, 3.05) is 13.2 Å². The molecule has 0 saturated heterocycles. The first-order valence-electron chi connectivity index (χ1n) is 8.55. The molecule has 28 heavy (non-hydrogen) atoms. The van der Waals surface area contributed by atoms with Crippen LogP contribution in [0.3, 0.4) is 0 Å². The van der Waals surface area contributed by atoms with E-state index in [-0.39, 0.29) is 21.8 Å². The molecule has 0 aliphatic carbocycles. The Hall–Kier alpha value is -1.17. The average molecular weight is 432 g/mol. The molecule has 0 atom stereocenters. The van der Waals surface area contributed by atoms with Gasteiger partial charge in [-0.2, -0.15) is 33.0 Å². The van der Waals surface area contributed by atoms with Gasteiger partial charge in [0.1, 0.15) is 11.5 Å². The molecule has 9 heteroatoms. The molecule has 0 unspecified atom stereocenters. The highest BCUT2D eigenvalue weighted by atomic mass is 31.2. The zero-order valence-corrected chi connectivity index (χ0v) is 17.8. The molecule has 0 spiro atoms.